The summed E-state index contributed by atoms with van der Waals surface area (Å²) in [7, 11) is 2.13. The van der Waals surface area contributed by atoms with Gasteiger partial charge in [-0.3, -0.25) is 10.1 Å². The zero-order chi connectivity index (χ0) is 26.5. The minimum absolute atomic E-state index is 0.110. The molecule has 0 saturated carbocycles. The van der Waals surface area contributed by atoms with E-state index in [2.05, 4.69) is 41.0 Å². The van der Waals surface area contributed by atoms with Gasteiger partial charge in [0.25, 0.3) is 0 Å². The van der Waals surface area contributed by atoms with Crippen molar-refractivity contribution in [2.45, 2.75) is 36.2 Å². The number of thiazole rings is 1. The van der Waals surface area contributed by atoms with Gasteiger partial charge in [0.05, 0.1) is 0 Å². The highest BCUT2D eigenvalue weighted by atomic mass is 32.2. The van der Waals surface area contributed by atoms with Gasteiger partial charge >= 0.3 is 0 Å². The Morgan fingerprint density at radius 1 is 1.00 bits per heavy atom. The van der Waals surface area contributed by atoms with Crippen LogP contribution in [0.15, 0.2) is 70.8 Å². The Morgan fingerprint density at radius 2 is 1.74 bits per heavy atom. The Balaban J connectivity index is 1.34. The number of carbonyl (C=O) groups excluding carboxylic acids is 1. The fourth-order valence-electron chi connectivity index (χ4n) is 3.99. The summed E-state index contributed by atoms with van der Waals surface area (Å²) in [4.78, 5) is 38.0. The second-order valence-electron chi connectivity index (χ2n) is 9.59. The molecule has 0 bridgehead atoms. The minimum Gasteiger partial charge on any atom is -0.338 e. The number of hydrogen-bond donors (Lipinski definition) is 1. The highest BCUT2D eigenvalue weighted by molar-refractivity contribution is 7.99. The molecule has 5 rings (SSSR count). The zero-order valence-electron chi connectivity index (χ0n) is 21.8. The van der Waals surface area contributed by atoms with E-state index in [9.17, 15) is 4.79 Å². The lowest BCUT2D eigenvalue weighted by molar-refractivity contribution is 0.0993. The van der Waals surface area contributed by atoms with Crippen molar-refractivity contribution in [2.24, 2.45) is 0 Å². The average molecular weight is 546 g/mol. The number of rotatable bonds is 9. The number of hydrogen-bond acceptors (Lipinski definition) is 10. The lowest BCUT2D eigenvalue weighted by Crippen LogP contribution is -2.45. The molecule has 4 aromatic rings. The molecule has 2 aromatic heterocycles. The van der Waals surface area contributed by atoms with Crippen LogP contribution in [0.1, 0.15) is 40.6 Å². The van der Waals surface area contributed by atoms with Crippen molar-refractivity contribution in [3.63, 3.8) is 0 Å². The Kier molecular flexibility index (Phi) is 8.31. The van der Waals surface area contributed by atoms with E-state index < -0.39 is 0 Å². The summed E-state index contributed by atoms with van der Waals surface area (Å²) in [5.74, 6) is 1.69. The van der Waals surface area contributed by atoms with Gasteiger partial charge in [-0.05, 0) is 42.4 Å². The van der Waals surface area contributed by atoms with Crippen LogP contribution in [0.3, 0.4) is 0 Å². The molecule has 38 heavy (non-hydrogen) atoms. The van der Waals surface area contributed by atoms with Gasteiger partial charge in [0.1, 0.15) is 0 Å². The van der Waals surface area contributed by atoms with E-state index in [4.69, 9.17) is 15.0 Å². The number of ketones is 1. The predicted molar refractivity (Wildman–Crippen MR) is 154 cm³/mol. The van der Waals surface area contributed by atoms with E-state index in [1.807, 2.05) is 60.8 Å². The Bertz CT molecular complexity index is 1370. The summed E-state index contributed by atoms with van der Waals surface area (Å²) in [6.45, 7) is 7.97. The average Bonchev–Trinajstić information content (AvgIpc) is 3.39. The largest absolute Gasteiger partial charge is 0.338 e. The number of carbonyl (C=O) groups is 1. The van der Waals surface area contributed by atoms with Gasteiger partial charge in [-0.25, -0.2) is 4.98 Å². The van der Waals surface area contributed by atoms with Crippen LogP contribution in [-0.4, -0.2) is 63.8 Å². The summed E-state index contributed by atoms with van der Waals surface area (Å²) >= 11 is 3.10. The minimum atomic E-state index is 0.110. The first-order valence-electron chi connectivity index (χ1n) is 12.7. The van der Waals surface area contributed by atoms with Crippen molar-refractivity contribution in [3.05, 3.63) is 76.8 Å². The molecule has 3 heterocycles. The molecule has 1 aliphatic rings. The topological polar surface area (TPSA) is 87.1 Å². The molecular weight excluding hydrogens is 514 g/mol. The summed E-state index contributed by atoms with van der Waals surface area (Å²) in [6.07, 6.45) is 2.27. The highest BCUT2D eigenvalue weighted by Crippen LogP contribution is 2.30. The number of nitrogens with zero attached hydrogens (tertiary/aromatic N) is 6. The van der Waals surface area contributed by atoms with Crippen LogP contribution in [0.2, 0.25) is 0 Å². The molecule has 2 aromatic carbocycles. The summed E-state index contributed by atoms with van der Waals surface area (Å²) in [5.41, 5.74) is 1.71. The van der Waals surface area contributed by atoms with Gasteiger partial charge in [-0.1, -0.05) is 56.3 Å². The van der Waals surface area contributed by atoms with Crippen molar-refractivity contribution >= 4 is 45.9 Å². The van der Waals surface area contributed by atoms with Gasteiger partial charge in [0, 0.05) is 54.1 Å². The Hall–Kier alpha value is -3.34. The molecule has 0 atom stereocenters. The van der Waals surface area contributed by atoms with Gasteiger partial charge in [-0.15, -0.1) is 11.3 Å². The third-order valence-corrected chi connectivity index (χ3v) is 8.38. The third-order valence-electron chi connectivity index (χ3n) is 6.29. The van der Waals surface area contributed by atoms with Crippen LogP contribution in [0.4, 0.5) is 17.0 Å². The van der Waals surface area contributed by atoms with Crippen molar-refractivity contribution in [3.8, 4) is 0 Å². The van der Waals surface area contributed by atoms with E-state index in [0.29, 0.717) is 29.4 Å². The number of anilines is 3. The number of nitrogens with one attached hydrogen (secondary N) is 1. The summed E-state index contributed by atoms with van der Waals surface area (Å²) in [6, 6.07) is 17.4. The molecule has 196 valence electrons. The first kappa shape index (κ1) is 26.3. The zero-order valence-corrected chi connectivity index (χ0v) is 23.4. The Labute approximate surface area is 231 Å². The number of Topliss-reactive ketones (excluding diaryl/α,β-unsaturated/α-hetero) is 1. The second kappa shape index (κ2) is 12.0. The molecule has 0 unspecified atom stereocenters. The number of benzene rings is 2. The van der Waals surface area contributed by atoms with Gasteiger partial charge in [0.15, 0.2) is 16.1 Å². The van der Waals surface area contributed by atoms with Crippen LogP contribution >= 0.6 is 23.1 Å². The van der Waals surface area contributed by atoms with Crippen molar-refractivity contribution in [1.29, 1.82) is 0 Å². The van der Waals surface area contributed by atoms with Gasteiger partial charge < -0.3 is 9.80 Å². The molecule has 0 spiro atoms. The smallest absolute Gasteiger partial charge is 0.234 e. The van der Waals surface area contributed by atoms with E-state index in [1.165, 1.54) is 16.6 Å². The fourth-order valence-corrected chi connectivity index (χ4v) is 5.55. The van der Waals surface area contributed by atoms with Gasteiger partial charge in [0.2, 0.25) is 11.9 Å². The van der Waals surface area contributed by atoms with Crippen molar-refractivity contribution in [2.75, 3.05) is 43.4 Å². The lowest BCUT2D eigenvalue weighted by atomic mass is 10.0. The first-order chi connectivity index (χ1) is 18.4. The van der Waals surface area contributed by atoms with E-state index in [-0.39, 0.29) is 5.78 Å². The maximum absolute atomic E-state index is 12.6. The quantitative estimate of drug-likeness (QED) is 0.273. The van der Waals surface area contributed by atoms with Crippen molar-refractivity contribution < 1.29 is 4.79 Å². The van der Waals surface area contributed by atoms with Crippen LogP contribution in [0.5, 0.6) is 0 Å². The number of likely N-dealkylation sites (N-methyl/N-ethyl adjacent to an activating group) is 1. The molecular formula is C28H31N7OS2. The molecule has 0 amide bonds. The fraction of sp³-hybridized carbons (Fsp3) is 0.321. The normalized spacial score (nSPS) is 14.2. The lowest BCUT2D eigenvalue weighted by Gasteiger charge is -2.32. The van der Waals surface area contributed by atoms with Crippen molar-refractivity contribution in [1.82, 2.24) is 24.8 Å². The highest BCUT2D eigenvalue weighted by Gasteiger charge is 2.20. The van der Waals surface area contributed by atoms with Crippen LogP contribution in [0.25, 0.3) is 0 Å². The standard InChI is InChI=1S/C28H31N7OS2/c1-19(2)24-18-29-27(38-24)31-25-30-26(35-15-13-34(3)14-16-35)33-28(32-25)37-22-11-9-20(10-12-22)17-23(36)21-7-5-4-6-8-21/h4-12,18-19H,13-17H2,1-3H3,(H,29,30,31,32,33). The second-order valence-corrected chi connectivity index (χ2v) is 11.7. The number of aromatic nitrogens is 4. The molecule has 0 aliphatic carbocycles. The maximum Gasteiger partial charge on any atom is 0.234 e. The molecule has 10 heteroatoms. The molecule has 1 aliphatic heterocycles. The predicted octanol–water partition coefficient (Wildman–Crippen LogP) is 5.52. The van der Waals surface area contributed by atoms with Crippen LogP contribution in [0, 0.1) is 0 Å². The monoisotopic (exact) mass is 545 g/mol. The van der Waals surface area contributed by atoms with E-state index in [1.54, 1.807) is 11.3 Å². The third kappa shape index (κ3) is 6.75. The van der Waals surface area contributed by atoms with Gasteiger partial charge in [-0.2, -0.15) is 15.0 Å². The molecule has 1 fully saturated rings. The Morgan fingerprint density at radius 3 is 2.42 bits per heavy atom. The summed E-state index contributed by atoms with van der Waals surface area (Å²) in [5, 5.41) is 4.68. The summed E-state index contributed by atoms with van der Waals surface area (Å²) < 4.78 is 0. The van der Waals surface area contributed by atoms with Crippen LogP contribution < -0.4 is 10.2 Å². The van der Waals surface area contributed by atoms with Crippen LogP contribution in [-0.2, 0) is 6.42 Å². The molecule has 8 nitrogen and oxygen atoms in total. The molecule has 1 saturated heterocycles. The number of piperazine rings is 1. The van der Waals surface area contributed by atoms with E-state index in [0.717, 1.165) is 47.3 Å². The van der Waals surface area contributed by atoms with E-state index >= 15 is 0 Å². The molecule has 1 N–H and O–H groups in total. The maximum atomic E-state index is 12.6. The first-order valence-corrected chi connectivity index (χ1v) is 14.3. The SMILES string of the molecule is CC(C)c1cnc(Nc2nc(Sc3ccc(CC(=O)c4ccccc4)cc3)nc(N3CCN(C)CC3)n2)s1. The molecule has 0 radical (unpaired) electrons.